The lowest BCUT2D eigenvalue weighted by Crippen LogP contribution is -2.57. The highest BCUT2D eigenvalue weighted by Crippen LogP contribution is 2.31. The second-order valence-electron chi connectivity index (χ2n) is 14.3. The number of amides is 4. The third-order valence-electron chi connectivity index (χ3n) is 10.3. The smallest absolute Gasteiger partial charge is 0.243 e. The van der Waals surface area contributed by atoms with E-state index < -0.39 is 53.4 Å². The van der Waals surface area contributed by atoms with Crippen molar-refractivity contribution in [3.8, 4) is 0 Å². The molecule has 1 aromatic heterocycles. The normalized spacial score (nSPS) is 19.3. The van der Waals surface area contributed by atoms with Crippen LogP contribution >= 0.6 is 23.1 Å². The molecule has 1 fully saturated rings. The average Bonchev–Trinajstić information content (AvgIpc) is 3.43. The number of Topliss-reactive ketones (excluding diaryl/α,β-unsaturated/α-hetero) is 1. The fourth-order valence-electron chi connectivity index (χ4n) is 7.35. The van der Waals surface area contributed by atoms with Crippen LogP contribution in [0.25, 0.3) is 20.9 Å². The van der Waals surface area contributed by atoms with Gasteiger partial charge in [0.05, 0.1) is 18.0 Å². The van der Waals surface area contributed by atoms with Gasteiger partial charge in [0, 0.05) is 42.5 Å². The number of hydrogen-bond donors (Lipinski definition) is 6. The third kappa shape index (κ3) is 9.85. The Hall–Kier alpha value is -4.92. The number of aliphatic hydroxyl groups excluding tert-OH is 2. The Labute approximate surface area is 327 Å². The number of nitrogens with zero attached hydrogens (tertiary/aromatic N) is 1. The fraction of sp³-hybridized carbons (Fsp3) is 0.390. The lowest BCUT2D eigenvalue weighted by atomic mass is 9.90. The summed E-state index contributed by atoms with van der Waals surface area (Å²) < 4.78 is 1.07. The molecule has 1 unspecified atom stereocenters. The number of thioether (sulfide) groups is 1. The number of thiophene rings is 1. The summed E-state index contributed by atoms with van der Waals surface area (Å²) in [5.41, 5.74) is 7.63. The van der Waals surface area contributed by atoms with Crippen LogP contribution in [0.1, 0.15) is 43.7 Å². The minimum Gasteiger partial charge on any atom is -0.507 e. The quantitative estimate of drug-likeness (QED) is 0.0962. The van der Waals surface area contributed by atoms with Crippen LogP contribution in [0.2, 0.25) is 0 Å². The van der Waals surface area contributed by atoms with E-state index in [0.717, 1.165) is 51.2 Å². The summed E-state index contributed by atoms with van der Waals surface area (Å²) in [5.74, 6) is -3.53. The Morgan fingerprint density at radius 2 is 1.69 bits per heavy atom. The van der Waals surface area contributed by atoms with Gasteiger partial charge < -0.3 is 31.9 Å². The molecule has 2 heterocycles. The molecule has 0 radical (unpaired) electrons. The predicted octanol–water partition coefficient (Wildman–Crippen LogP) is 4.30. The average molecular weight is 786 g/mol. The van der Waals surface area contributed by atoms with Gasteiger partial charge in [0.25, 0.3) is 0 Å². The molecular weight excluding hydrogens is 739 g/mol. The highest BCUT2D eigenvalue weighted by atomic mass is 32.2. The summed E-state index contributed by atoms with van der Waals surface area (Å²) in [4.78, 5) is 67.3. The van der Waals surface area contributed by atoms with Crippen LogP contribution in [0.15, 0.2) is 83.6 Å². The third-order valence-corrected chi connectivity index (χ3v) is 12.5. The Morgan fingerprint density at radius 1 is 0.927 bits per heavy atom. The van der Waals surface area contributed by atoms with Crippen LogP contribution in [0, 0.1) is 5.92 Å². The maximum Gasteiger partial charge on any atom is 0.243 e. The first-order chi connectivity index (χ1) is 26.5. The van der Waals surface area contributed by atoms with Gasteiger partial charge in [-0.2, -0.15) is 11.8 Å². The van der Waals surface area contributed by atoms with Crippen molar-refractivity contribution in [2.24, 2.45) is 11.7 Å². The number of aliphatic hydroxyl groups is 2. The summed E-state index contributed by atoms with van der Waals surface area (Å²) in [7, 11) is 0. The number of likely N-dealkylation sites (tertiary alicyclic amines) is 1. The molecule has 5 atom stereocenters. The first kappa shape index (κ1) is 39.8. The monoisotopic (exact) mass is 785 g/mol. The molecule has 12 nitrogen and oxygen atoms in total. The van der Waals surface area contributed by atoms with Gasteiger partial charge in [0.1, 0.15) is 17.8 Å². The Balaban J connectivity index is 1.19. The zero-order valence-corrected chi connectivity index (χ0v) is 32.3. The number of nitrogens with one attached hydrogen (secondary N) is 3. The molecule has 2 aliphatic rings. The summed E-state index contributed by atoms with van der Waals surface area (Å²) in [6.45, 7) is 2.20. The Kier molecular flexibility index (Phi) is 13.1. The second kappa shape index (κ2) is 18.1. The minimum atomic E-state index is -0.936. The van der Waals surface area contributed by atoms with E-state index in [-0.39, 0.29) is 42.7 Å². The van der Waals surface area contributed by atoms with Crippen molar-refractivity contribution in [3.63, 3.8) is 0 Å². The van der Waals surface area contributed by atoms with Crippen LogP contribution in [0.4, 0.5) is 0 Å². The van der Waals surface area contributed by atoms with Gasteiger partial charge in [-0.25, -0.2) is 0 Å². The van der Waals surface area contributed by atoms with E-state index in [0.29, 0.717) is 18.7 Å². The Bertz CT molecular complexity index is 2100. The highest BCUT2D eigenvalue weighted by molar-refractivity contribution is 7.99. The van der Waals surface area contributed by atoms with E-state index in [2.05, 4.69) is 16.0 Å². The van der Waals surface area contributed by atoms with E-state index >= 15 is 0 Å². The molecule has 1 aliphatic carbocycles. The molecule has 1 aliphatic heterocycles. The van der Waals surface area contributed by atoms with Gasteiger partial charge in [-0.3, -0.25) is 28.9 Å². The Morgan fingerprint density at radius 3 is 2.45 bits per heavy atom. The van der Waals surface area contributed by atoms with Gasteiger partial charge in [-0.15, -0.1) is 11.3 Å². The van der Waals surface area contributed by atoms with E-state index in [1.54, 1.807) is 11.3 Å². The van der Waals surface area contributed by atoms with Crippen molar-refractivity contribution in [1.82, 2.24) is 20.9 Å². The van der Waals surface area contributed by atoms with E-state index in [4.69, 9.17) is 5.73 Å². The van der Waals surface area contributed by atoms with Crippen LogP contribution in [-0.2, 0) is 36.8 Å². The zero-order chi connectivity index (χ0) is 39.1. The molecule has 14 heteroatoms. The van der Waals surface area contributed by atoms with Crippen molar-refractivity contribution in [2.45, 2.75) is 69.6 Å². The van der Waals surface area contributed by atoms with Crippen molar-refractivity contribution >= 4 is 73.4 Å². The number of ketones is 1. The van der Waals surface area contributed by atoms with Crippen LogP contribution in [0.3, 0.4) is 0 Å². The standard InChI is InChI=1S/C41H47N5O7S2/c1-24(47)43-33(19-28-21-55-35-13-7-6-11-30(28)35)40(52)44-29(22-54-23-31-36(48)38(50)37(31)49)20-46-16-8-2-3-12-34(46)41(53)45-32(39(42)51)18-25-14-15-26-9-4-5-10-27(26)17-25/h4-7,9-11,13-15,17,21,29,31-34,48,50H,2-3,8,12,16,18-20,22-23H2,1H3,(H2,42,51)(H,43,47)(H,44,52)(H,45,53)/t29-,31?,32+,33+,34+/m1/s1. The molecule has 7 N–H and O–H groups in total. The number of primary amides is 1. The summed E-state index contributed by atoms with van der Waals surface area (Å²) in [6.07, 6.45) is 3.56. The van der Waals surface area contributed by atoms with Crippen molar-refractivity contribution in [3.05, 3.63) is 94.8 Å². The van der Waals surface area contributed by atoms with E-state index in [1.807, 2.05) is 77.0 Å². The maximum atomic E-state index is 14.1. The number of carbonyl (C=O) groups is 5. The largest absolute Gasteiger partial charge is 0.507 e. The van der Waals surface area contributed by atoms with Crippen LogP contribution in [0.5, 0.6) is 0 Å². The summed E-state index contributed by atoms with van der Waals surface area (Å²) in [6, 6.07) is 18.7. The van der Waals surface area contributed by atoms with Crippen molar-refractivity contribution in [2.75, 3.05) is 24.6 Å². The summed E-state index contributed by atoms with van der Waals surface area (Å²) >= 11 is 2.90. The molecule has 1 saturated heterocycles. The van der Waals surface area contributed by atoms with Crippen molar-refractivity contribution in [1.29, 1.82) is 0 Å². The predicted molar refractivity (Wildman–Crippen MR) is 216 cm³/mol. The molecular formula is C41H47N5O7S2. The molecule has 290 valence electrons. The number of allylic oxidation sites excluding steroid dienone is 2. The fourth-order valence-corrected chi connectivity index (χ4v) is 9.48. The molecule has 3 aromatic carbocycles. The van der Waals surface area contributed by atoms with Gasteiger partial charge in [-0.1, -0.05) is 73.5 Å². The molecule has 6 rings (SSSR count). The molecule has 0 bridgehead atoms. The van der Waals surface area contributed by atoms with Crippen molar-refractivity contribution < 1.29 is 34.2 Å². The maximum absolute atomic E-state index is 14.1. The lowest BCUT2D eigenvalue weighted by Gasteiger charge is -2.34. The van der Waals surface area contributed by atoms with Gasteiger partial charge in [0.15, 0.2) is 5.76 Å². The number of hydrogen-bond acceptors (Lipinski definition) is 10. The lowest BCUT2D eigenvalue weighted by molar-refractivity contribution is -0.131. The zero-order valence-electron chi connectivity index (χ0n) is 30.7. The van der Waals surface area contributed by atoms with Crippen LogP contribution in [-0.4, -0.2) is 93.3 Å². The van der Waals surface area contributed by atoms with Crippen LogP contribution < -0.4 is 21.7 Å². The molecule has 0 spiro atoms. The second-order valence-corrected chi connectivity index (χ2v) is 16.3. The molecule has 0 saturated carbocycles. The number of rotatable bonds is 16. The van der Waals surface area contributed by atoms with E-state index in [9.17, 15) is 34.2 Å². The van der Waals surface area contributed by atoms with Gasteiger partial charge in [0.2, 0.25) is 29.4 Å². The minimum absolute atomic E-state index is 0.191. The van der Waals surface area contributed by atoms with Gasteiger partial charge in [-0.05, 0) is 58.1 Å². The van der Waals surface area contributed by atoms with Gasteiger partial charge >= 0.3 is 0 Å². The number of benzene rings is 3. The SMILES string of the molecule is CC(=O)N[C@@H](Cc1csc2ccccc12)C(=O)N[C@@H](CSCC1C(=O)C(O)=C1O)CN1CCCCC[C@H]1C(=O)N[C@@H](Cc1ccc2ccccc2c1)C(N)=O. The molecule has 55 heavy (non-hydrogen) atoms. The van der Waals surface area contributed by atoms with E-state index in [1.165, 1.54) is 18.7 Å². The first-order valence-corrected chi connectivity index (χ1v) is 20.6. The summed E-state index contributed by atoms with van der Waals surface area (Å²) in [5, 5.41) is 33.7. The number of carbonyl (C=O) groups excluding carboxylic acids is 5. The first-order valence-electron chi connectivity index (χ1n) is 18.6. The topological polar surface area (TPSA) is 191 Å². The molecule has 4 amide bonds. The molecule has 4 aromatic rings. The number of fused-ring (bicyclic) bond motifs is 2. The number of nitrogens with two attached hydrogens (primary N) is 1. The highest BCUT2D eigenvalue weighted by Gasteiger charge is 2.40.